The first-order valence-corrected chi connectivity index (χ1v) is 6.32. The molecule has 3 aliphatic rings. The first-order chi connectivity index (χ1) is 10.1. The van der Waals surface area contributed by atoms with Gasteiger partial charge in [-0.25, -0.2) is 0 Å². The minimum atomic E-state index is -1.05. The van der Waals surface area contributed by atoms with Gasteiger partial charge < -0.3 is 25.4 Å². The maximum absolute atomic E-state index is 11.7. The molecule has 10 heteroatoms. The van der Waals surface area contributed by atoms with Crippen molar-refractivity contribution in [3.63, 3.8) is 0 Å². The van der Waals surface area contributed by atoms with Crippen LogP contribution in [0.15, 0.2) is 15.0 Å². The number of aliphatic hydroxyl groups excluding tert-OH is 2. The fourth-order valence-corrected chi connectivity index (χ4v) is 2.60. The number of amides is 1. The summed E-state index contributed by atoms with van der Waals surface area (Å²) in [5, 5.41) is 19.5. The summed E-state index contributed by atoms with van der Waals surface area (Å²) in [7, 11) is 1.41. The molecule has 1 saturated heterocycles. The van der Waals surface area contributed by atoms with Crippen LogP contribution >= 0.6 is 0 Å². The second-order valence-electron chi connectivity index (χ2n) is 4.79. The highest BCUT2D eigenvalue weighted by molar-refractivity contribution is 6.21. The lowest BCUT2D eigenvalue weighted by atomic mass is 10.1. The van der Waals surface area contributed by atoms with Gasteiger partial charge in [0, 0.05) is 7.11 Å². The second kappa shape index (κ2) is 5.15. The van der Waals surface area contributed by atoms with Crippen molar-refractivity contribution in [2.75, 3.05) is 13.7 Å². The number of ether oxygens (including phenoxy) is 2. The predicted octanol–water partition coefficient (Wildman–Crippen LogP) is -2.95. The first-order valence-electron chi connectivity index (χ1n) is 6.32. The van der Waals surface area contributed by atoms with E-state index in [0.29, 0.717) is 0 Å². The summed E-state index contributed by atoms with van der Waals surface area (Å²) < 4.78 is 10.7. The zero-order valence-corrected chi connectivity index (χ0v) is 11.2. The molecule has 3 rings (SSSR count). The summed E-state index contributed by atoms with van der Waals surface area (Å²) in [5.74, 6) is -0.452. The number of aliphatic imine (C=N–C) groups is 3. The molecular weight excluding hydrogens is 282 g/mol. The summed E-state index contributed by atoms with van der Waals surface area (Å²) in [6.07, 6.45) is -1.96. The van der Waals surface area contributed by atoms with Crippen molar-refractivity contribution in [1.82, 2.24) is 4.90 Å². The van der Waals surface area contributed by atoms with Crippen LogP contribution in [0.25, 0.3) is 0 Å². The highest BCUT2D eigenvalue weighted by Gasteiger charge is 2.50. The number of amidine groups is 1. The normalized spacial score (nSPS) is 38.5. The molecule has 5 atom stereocenters. The van der Waals surface area contributed by atoms with Crippen LogP contribution in [0.1, 0.15) is 0 Å². The van der Waals surface area contributed by atoms with Crippen LogP contribution in [0.5, 0.6) is 0 Å². The van der Waals surface area contributed by atoms with E-state index in [1.165, 1.54) is 18.3 Å². The molecule has 0 spiro atoms. The Morgan fingerprint density at radius 3 is 2.90 bits per heavy atom. The summed E-state index contributed by atoms with van der Waals surface area (Å²) >= 11 is 0. The molecule has 21 heavy (non-hydrogen) atoms. The highest BCUT2D eigenvalue weighted by atomic mass is 16.6. The summed E-state index contributed by atoms with van der Waals surface area (Å²) in [4.78, 5) is 24.6. The predicted molar refractivity (Wildman–Crippen MR) is 70.7 cm³/mol. The van der Waals surface area contributed by atoms with Crippen molar-refractivity contribution < 1.29 is 24.5 Å². The number of methoxy groups -OCH3 is 1. The fourth-order valence-electron chi connectivity index (χ4n) is 2.60. The molecule has 10 nitrogen and oxygen atoms in total. The van der Waals surface area contributed by atoms with E-state index in [4.69, 9.17) is 15.2 Å². The summed E-state index contributed by atoms with van der Waals surface area (Å²) in [6.45, 7) is -0.310. The van der Waals surface area contributed by atoms with E-state index in [-0.39, 0.29) is 18.4 Å². The third kappa shape index (κ3) is 2.12. The maximum atomic E-state index is 11.7. The average Bonchev–Trinajstić information content (AvgIpc) is 2.99. The monoisotopic (exact) mass is 297 g/mol. The molecule has 5 unspecified atom stereocenters. The lowest BCUT2D eigenvalue weighted by molar-refractivity contribution is -0.117. The van der Waals surface area contributed by atoms with Gasteiger partial charge in [-0.1, -0.05) is 0 Å². The Kier molecular flexibility index (Phi) is 3.45. The van der Waals surface area contributed by atoms with Gasteiger partial charge in [-0.3, -0.25) is 14.7 Å². The molecule has 3 heterocycles. The van der Waals surface area contributed by atoms with Crippen molar-refractivity contribution in [3.05, 3.63) is 0 Å². The van der Waals surface area contributed by atoms with Crippen LogP contribution < -0.4 is 5.73 Å². The topological polar surface area (TPSA) is 142 Å². The van der Waals surface area contributed by atoms with E-state index in [0.717, 1.165) is 0 Å². The van der Waals surface area contributed by atoms with Gasteiger partial charge in [0.1, 0.15) is 18.3 Å². The standard InChI is InChI=1S/C11H15N5O5/c1-20-7-4(2-17)21-10(6(7)18)16-3-13-5-8(16)14-11(12)15-9(5)19/h3-7,10,17-18H,2H2,1H3,(H2,12,15,19). The fraction of sp³-hybridized carbons (Fsp3) is 0.636. The number of rotatable bonds is 3. The van der Waals surface area contributed by atoms with E-state index in [2.05, 4.69) is 15.0 Å². The number of carbonyl (C=O) groups excluding carboxylic acids is 1. The average molecular weight is 297 g/mol. The van der Waals surface area contributed by atoms with Crippen LogP contribution in [0.4, 0.5) is 0 Å². The molecule has 0 aromatic rings. The quantitative estimate of drug-likeness (QED) is 0.505. The molecule has 0 aromatic carbocycles. The van der Waals surface area contributed by atoms with Gasteiger partial charge in [-0.2, -0.15) is 9.98 Å². The maximum Gasteiger partial charge on any atom is 0.281 e. The summed E-state index contributed by atoms with van der Waals surface area (Å²) in [6, 6.07) is -0.873. The first kappa shape index (κ1) is 14.1. The molecule has 0 saturated carbocycles. The smallest absolute Gasteiger partial charge is 0.281 e. The number of aliphatic hydroxyl groups is 2. The van der Waals surface area contributed by atoms with E-state index in [1.807, 2.05) is 0 Å². The minimum absolute atomic E-state index is 0.170. The van der Waals surface area contributed by atoms with E-state index >= 15 is 0 Å². The molecule has 1 fully saturated rings. The highest BCUT2D eigenvalue weighted by Crippen LogP contribution is 2.28. The van der Waals surface area contributed by atoms with Gasteiger partial charge in [0.05, 0.1) is 12.9 Å². The molecule has 0 aromatic heterocycles. The summed E-state index contributed by atoms with van der Waals surface area (Å²) in [5.41, 5.74) is 5.48. The SMILES string of the molecule is COC1C(CO)OC(N2C=NC3C(=O)N=C(N)N=C32)C1O. The second-order valence-corrected chi connectivity index (χ2v) is 4.79. The molecular formula is C11H15N5O5. The van der Waals surface area contributed by atoms with Gasteiger partial charge in [0.15, 0.2) is 18.1 Å². The van der Waals surface area contributed by atoms with E-state index in [9.17, 15) is 15.0 Å². The number of hydrogen-bond acceptors (Lipinski definition) is 9. The van der Waals surface area contributed by atoms with E-state index < -0.39 is 36.5 Å². The van der Waals surface area contributed by atoms with Gasteiger partial charge in [-0.05, 0) is 0 Å². The number of fused-ring (bicyclic) bond motifs is 1. The Labute approximate surface area is 119 Å². The molecule has 0 bridgehead atoms. The molecule has 0 radical (unpaired) electrons. The Bertz CT molecular complexity index is 547. The zero-order valence-electron chi connectivity index (χ0n) is 11.2. The van der Waals surface area contributed by atoms with E-state index in [1.54, 1.807) is 0 Å². The van der Waals surface area contributed by atoms with Crippen molar-refractivity contribution in [3.8, 4) is 0 Å². The number of nitrogens with zero attached hydrogens (tertiary/aromatic N) is 4. The number of guanidine groups is 1. The molecule has 4 N–H and O–H groups in total. The third-order valence-electron chi connectivity index (χ3n) is 3.57. The van der Waals surface area contributed by atoms with Crippen LogP contribution in [-0.2, 0) is 14.3 Å². The molecule has 0 aliphatic carbocycles. The Morgan fingerprint density at radius 1 is 1.52 bits per heavy atom. The number of nitrogens with two attached hydrogens (primary N) is 1. The molecule has 114 valence electrons. The molecule has 3 aliphatic heterocycles. The third-order valence-corrected chi connectivity index (χ3v) is 3.57. The van der Waals surface area contributed by atoms with Gasteiger partial charge in [-0.15, -0.1) is 0 Å². The number of hydrogen-bond donors (Lipinski definition) is 3. The van der Waals surface area contributed by atoms with Gasteiger partial charge >= 0.3 is 0 Å². The lowest BCUT2D eigenvalue weighted by Gasteiger charge is -2.27. The Morgan fingerprint density at radius 2 is 2.29 bits per heavy atom. The molecule has 1 amide bonds. The Hall–Kier alpha value is -1.88. The van der Waals surface area contributed by atoms with Crippen molar-refractivity contribution in [2.45, 2.75) is 30.6 Å². The van der Waals surface area contributed by atoms with Crippen LogP contribution in [0, 0.1) is 0 Å². The van der Waals surface area contributed by atoms with Gasteiger partial charge in [0.2, 0.25) is 5.96 Å². The lowest BCUT2D eigenvalue weighted by Crippen LogP contribution is -2.49. The van der Waals surface area contributed by atoms with Gasteiger partial charge in [0.25, 0.3) is 5.91 Å². The van der Waals surface area contributed by atoms with Crippen molar-refractivity contribution >= 4 is 24.0 Å². The largest absolute Gasteiger partial charge is 0.394 e. The van der Waals surface area contributed by atoms with Crippen LogP contribution in [0.2, 0.25) is 0 Å². The zero-order chi connectivity index (χ0) is 15.1. The minimum Gasteiger partial charge on any atom is -0.394 e. The number of carbonyl (C=O) groups is 1. The van der Waals surface area contributed by atoms with Crippen molar-refractivity contribution in [1.29, 1.82) is 0 Å². The van der Waals surface area contributed by atoms with Crippen LogP contribution in [0.3, 0.4) is 0 Å². The Balaban J connectivity index is 1.87. The van der Waals surface area contributed by atoms with Crippen LogP contribution in [-0.4, -0.2) is 83.5 Å². The van der Waals surface area contributed by atoms with Crippen molar-refractivity contribution in [2.24, 2.45) is 20.7 Å².